The maximum absolute atomic E-state index is 10.2. The maximum atomic E-state index is 10.2. The predicted octanol–water partition coefficient (Wildman–Crippen LogP) is 7.59. The number of carbonyl (C=O) groups is 2. The van der Waals surface area contributed by atoms with Crippen molar-refractivity contribution in [2.75, 3.05) is 0 Å². The fourth-order valence-corrected chi connectivity index (χ4v) is 5.27. The number of unbranched alkanes of at least 4 members (excludes halogenated alkanes) is 20. The van der Waals surface area contributed by atoms with Gasteiger partial charge in [0.15, 0.2) is 5.25 Å². The van der Waals surface area contributed by atoms with Crippen LogP contribution < -0.4 is 0 Å². The average molecular weight is 545 g/mol. The molecule has 0 spiro atoms. The molecule has 210 valence electrons. The Labute approximate surface area is 238 Å². The second-order valence-electron chi connectivity index (χ2n) is 10.0. The summed E-state index contributed by atoms with van der Waals surface area (Å²) in [7, 11) is -4.84. The first kappa shape index (κ1) is 38.0. The first-order valence-corrected chi connectivity index (χ1v) is 17.5. The normalized spacial score (nSPS) is 12.1. The zero-order chi connectivity index (χ0) is 27.5. The molecule has 9 heteroatoms. The third-order valence-electron chi connectivity index (χ3n) is 6.45. The standard InChI is InChI=1S/C23H47.C4H6O7S.Na/c1-3-5-7-9-11-13-15-17-19-21-23-22-20-18-16-14-12-10-8-6-4-2;5-3(6)1-2(4(7)8)12(9,10)11;/h1,3-23H2,2H3;2H,1H2,(H,5,6)(H,7,8)(H,9,10,11);. The van der Waals surface area contributed by atoms with Crippen molar-refractivity contribution in [1.29, 1.82) is 0 Å². The molecule has 0 aliphatic carbocycles. The van der Waals surface area contributed by atoms with Gasteiger partial charge in [-0.25, -0.2) is 0 Å². The third-order valence-corrected chi connectivity index (χ3v) is 8.25. The maximum Gasteiger partial charge on any atom is 0.325 e. The van der Waals surface area contributed by atoms with Gasteiger partial charge in [-0.05, 0) is 0 Å². The summed E-state index contributed by atoms with van der Waals surface area (Å²) in [6.45, 7) is 2.30. The van der Waals surface area contributed by atoms with Crippen molar-refractivity contribution in [2.24, 2.45) is 0 Å². The van der Waals surface area contributed by atoms with E-state index in [4.69, 9.17) is 14.8 Å². The molecule has 0 rings (SSSR count). The molecule has 1 unspecified atom stereocenters. The van der Waals surface area contributed by atoms with E-state index >= 15 is 0 Å². The van der Waals surface area contributed by atoms with E-state index in [0.717, 1.165) is 0 Å². The van der Waals surface area contributed by atoms with E-state index in [0.29, 0.717) is 0 Å². The summed E-state index contributed by atoms with van der Waals surface area (Å²) in [5, 5.41) is 13.9. The Morgan fingerprint density at radius 2 is 0.889 bits per heavy atom. The molecule has 0 aromatic rings. The first-order chi connectivity index (χ1) is 17.2. The number of rotatable bonds is 25. The smallest absolute Gasteiger partial charge is 0.325 e. The van der Waals surface area contributed by atoms with E-state index < -0.39 is 33.7 Å². The van der Waals surface area contributed by atoms with E-state index in [1.54, 1.807) is 0 Å². The van der Waals surface area contributed by atoms with E-state index in [1.807, 2.05) is 0 Å². The summed E-state index contributed by atoms with van der Waals surface area (Å²) < 4.78 is 30.2. The summed E-state index contributed by atoms with van der Waals surface area (Å²) in [6, 6.07) is 0. The van der Waals surface area contributed by atoms with Crippen molar-refractivity contribution in [3.05, 3.63) is 0 Å². The van der Waals surface area contributed by atoms with Crippen LogP contribution in [0, 0.1) is 0 Å². The molecule has 0 heterocycles. The van der Waals surface area contributed by atoms with Crippen molar-refractivity contribution < 1.29 is 32.8 Å². The second kappa shape index (κ2) is 27.9. The number of hydrogen-bond donors (Lipinski definition) is 3. The Balaban J connectivity index is 0. The molecule has 0 saturated heterocycles. The van der Waals surface area contributed by atoms with Crippen molar-refractivity contribution >= 4 is 50.0 Å². The summed E-state index contributed by atoms with van der Waals surface area (Å²) in [6.07, 6.45) is 30.1. The summed E-state index contributed by atoms with van der Waals surface area (Å²) in [4.78, 5) is 20.0. The van der Waals surface area contributed by atoms with Gasteiger partial charge in [0.25, 0.3) is 10.1 Å². The third kappa shape index (κ3) is 30.1. The minimum absolute atomic E-state index is 1.16. The summed E-state index contributed by atoms with van der Waals surface area (Å²) >= 11 is 1.41. The number of carboxylic acids is 2. The second-order valence-corrected chi connectivity index (χ2v) is 12.6. The van der Waals surface area contributed by atoms with Gasteiger partial charge in [0.2, 0.25) is 0 Å². The van der Waals surface area contributed by atoms with E-state index in [9.17, 15) is 18.0 Å². The van der Waals surface area contributed by atoms with Crippen molar-refractivity contribution in [3.63, 3.8) is 0 Å². The predicted molar refractivity (Wildman–Crippen MR) is 148 cm³/mol. The van der Waals surface area contributed by atoms with Crippen LogP contribution in [0.4, 0.5) is 0 Å². The van der Waals surface area contributed by atoms with Gasteiger partial charge >= 0.3 is 114 Å². The van der Waals surface area contributed by atoms with Crippen molar-refractivity contribution in [3.8, 4) is 0 Å². The van der Waals surface area contributed by atoms with Crippen LogP contribution in [0.3, 0.4) is 0 Å². The summed E-state index contributed by atoms with van der Waals surface area (Å²) in [5.74, 6) is -3.50. The molecule has 0 aliphatic heterocycles. The zero-order valence-corrected chi connectivity index (χ0v) is 26.0. The minimum atomic E-state index is -4.84. The SMILES string of the molecule is CCCCCCCCCCCCCCCCCCCCCC[CH2][Na].O=C(O)CC(C(=O)O)S(=O)(=O)O. The van der Waals surface area contributed by atoms with Crippen LogP contribution in [0.15, 0.2) is 0 Å². The Morgan fingerprint density at radius 1 is 0.611 bits per heavy atom. The van der Waals surface area contributed by atoms with Crippen LogP contribution >= 0.6 is 0 Å². The average Bonchev–Trinajstić information content (AvgIpc) is 2.81. The zero-order valence-electron chi connectivity index (χ0n) is 23.2. The molecule has 0 aromatic heterocycles. The fraction of sp³-hybridized carbons (Fsp3) is 0.926. The fourth-order valence-electron chi connectivity index (χ4n) is 4.16. The van der Waals surface area contributed by atoms with E-state index in [-0.39, 0.29) is 0 Å². The van der Waals surface area contributed by atoms with Gasteiger partial charge in [-0.2, -0.15) is 8.42 Å². The quantitative estimate of drug-likeness (QED) is 0.0613. The van der Waals surface area contributed by atoms with Crippen LogP contribution in [0.25, 0.3) is 0 Å². The van der Waals surface area contributed by atoms with E-state index in [2.05, 4.69) is 6.92 Å². The monoisotopic (exact) mass is 544 g/mol. The van der Waals surface area contributed by atoms with Crippen molar-refractivity contribution in [2.45, 2.75) is 157 Å². The molecule has 0 bridgehead atoms. The van der Waals surface area contributed by atoms with Crippen LogP contribution in [0.2, 0.25) is 3.67 Å². The largest absolute Gasteiger partial charge is 0.481 e. The Bertz CT molecular complexity index is 589. The Morgan fingerprint density at radius 3 is 1.06 bits per heavy atom. The van der Waals surface area contributed by atoms with Crippen LogP contribution in [0.5, 0.6) is 0 Å². The minimum Gasteiger partial charge on any atom is -0.481 e. The number of carboxylic acid groups (broad SMARTS) is 2. The van der Waals surface area contributed by atoms with Gasteiger partial charge in [0, 0.05) is 0 Å². The molecular weight excluding hydrogens is 491 g/mol. The molecule has 0 aliphatic rings. The van der Waals surface area contributed by atoms with Gasteiger partial charge in [-0.1, -0.05) is 71.1 Å². The molecule has 0 radical (unpaired) electrons. The topological polar surface area (TPSA) is 129 Å². The van der Waals surface area contributed by atoms with Crippen molar-refractivity contribution in [1.82, 2.24) is 0 Å². The number of aliphatic carboxylic acids is 2. The first-order valence-electron chi connectivity index (χ1n) is 14.6. The molecule has 0 saturated carbocycles. The molecular formula is C27H53NaO7S. The molecule has 36 heavy (non-hydrogen) atoms. The van der Waals surface area contributed by atoms with Crippen LogP contribution in [0.1, 0.15) is 148 Å². The molecule has 7 nitrogen and oxygen atoms in total. The van der Waals surface area contributed by atoms with Gasteiger partial charge in [-0.15, -0.1) is 0 Å². The molecule has 1 atom stereocenters. The Hall–Kier alpha value is -0.150. The van der Waals surface area contributed by atoms with Gasteiger partial charge in [0.1, 0.15) is 0 Å². The Kier molecular flexibility index (Phi) is 29.4. The van der Waals surface area contributed by atoms with E-state index in [1.165, 1.54) is 166 Å². The van der Waals surface area contributed by atoms with Gasteiger partial charge in [0.05, 0.1) is 6.42 Å². The molecule has 0 fully saturated rings. The molecule has 0 aromatic carbocycles. The molecule has 3 N–H and O–H groups in total. The van der Waals surface area contributed by atoms with Crippen LogP contribution in [-0.4, -0.2) is 68.3 Å². The van der Waals surface area contributed by atoms with Crippen LogP contribution in [-0.2, 0) is 19.7 Å². The van der Waals surface area contributed by atoms with Gasteiger partial charge in [-0.3, -0.25) is 14.1 Å². The van der Waals surface area contributed by atoms with Gasteiger partial charge < -0.3 is 10.2 Å². The number of hydrogen-bond acceptors (Lipinski definition) is 4. The summed E-state index contributed by atoms with van der Waals surface area (Å²) in [5.41, 5.74) is 0. The molecule has 0 amide bonds.